The minimum absolute atomic E-state index is 0.104. The summed E-state index contributed by atoms with van der Waals surface area (Å²) in [4.78, 5) is 17.0. The molecule has 1 fully saturated rings. The third-order valence-electron chi connectivity index (χ3n) is 5.08. The number of aliphatic hydroxyl groups is 1. The molecule has 8 heteroatoms. The number of benzene rings is 1. The largest absolute Gasteiger partial charge is 0.493 e. The van der Waals surface area contributed by atoms with E-state index >= 15 is 0 Å². The molecule has 1 aliphatic carbocycles. The van der Waals surface area contributed by atoms with E-state index in [1.54, 1.807) is 44.4 Å². The standard InChI is InChI=1S/C23H28ClNO6/c1-23(27,21-9-5-16(22(24)25-21)13-30-14-28-2)11-10-18(26)15-4-8-19(20(12-15)29-3)31-17-6-7-17/h4-5,8-9,12,17,27H,6-7,10-11,13-14H2,1-3H3. The highest BCUT2D eigenvalue weighted by Gasteiger charge is 2.28. The molecule has 0 amide bonds. The number of methoxy groups -OCH3 is 2. The molecule has 1 aromatic carbocycles. The molecule has 1 aromatic heterocycles. The van der Waals surface area contributed by atoms with E-state index in [2.05, 4.69) is 4.98 Å². The van der Waals surface area contributed by atoms with Gasteiger partial charge >= 0.3 is 0 Å². The summed E-state index contributed by atoms with van der Waals surface area (Å²) in [6, 6.07) is 8.60. The minimum Gasteiger partial charge on any atom is -0.493 e. The smallest absolute Gasteiger partial charge is 0.163 e. The zero-order valence-electron chi connectivity index (χ0n) is 18.0. The van der Waals surface area contributed by atoms with E-state index in [9.17, 15) is 9.90 Å². The van der Waals surface area contributed by atoms with Crippen LogP contribution in [-0.2, 0) is 21.7 Å². The van der Waals surface area contributed by atoms with Crippen molar-refractivity contribution in [2.24, 2.45) is 0 Å². The molecule has 1 heterocycles. The van der Waals surface area contributed by atoms with Crippen LogP contribution in [0.5, 0.6) is 11.5 Å². The monoisotopic (exact) mass is 449 g/mol. The first kappa shape index (κ1) is 23.5. The zero-order chi connectivity index (χ0) is 22.4. The van der Waals surface area contributed by atoms with Gasteiger partial charge in [-0.15, -0.1) is 0 Å². The lowest BCUT2D eigenvalue weighted by Crippen LogP contribution is -2.24. The maximum absolute atomic E-state index is 12.7. The highest BCUT2D eigenvalue weighted by atomic mass is 35.5. The van der Waals surface area contributed by atoms with Crippen LogP contribution >= 0.6 is 11.6 Å². The van der Waals surface area contributed by atoms with Crippen molar-refractivity contribution in [3.05, 3.63) is 52.3 Å². The Morgan fingerprint density at radius 2 is 2.00 bits per heavy atom. The molecule has 0 aliphatic heterocycles. The van der Waals surface area contributed by atoms with Crippen LogP contribution in [-0.4, -0.2) is 43.0 Å². The van der Waals surface area contributed by atoms with Crippen molar-refractivity contribution in [2.75, 3.05) is 21.0 Å². The van der Waals surface area contributed by atoms with Crippen LogP contribution in [0.2, 0.25) is 5.15 Å². The average Bonchev–Trinajstić information content (AvgIpc) is 3.57. The van der Waals surface area contributed by atoms with E-state index in [-0.39, 0.29) is 43.3 Å². The fourth-order valence-corrected chi connectivity index (χ4v) is 3.25. The molecule has 31 heavy (non-hydrogen) atoms. The van der Waals surface area contributed by atoms with Crippen molar-refractivity contribution < 1.29 is 28.8 Å². The number of hydrogen-bond acceptors (Lipinski definition) is 7. The normalized spacial score (nSPS) is 15.4. The van der Waals surface area contributed by atoms with E-state index < -0.39 is 5.60 Å². The summed E-state index contributed by atoms with van der Waals surface area (Å²) in [5.74, 6) is 1.07. The zero-order valence-corrected chi connectivity index (χ0v) is 18.8. The number of ether oxygens (including phenoxy) is 4. The van der Waals surface area contributed by atoms with Gasteiger partial charge in [0.05, 0.1) is 25.5 Å². The first-order valence-electron chi connectivity index (χ1n) is 10.2. The molecule has 1 atom stereocenters. The van der Waals surface area contributed by atoms with Gasteiger partial charge in [-0.2, -0.15) is 0 Å². The number of carbonyl (C=O) groups is 1. The Morgan fingerprint density at radius 1 is 1.23 bits per heavy atom. The van der Waals surface area contributed by atoms with Crippen molar-refractivity contribution in [3.8, 4) is 11.5 Å². The lowest BCUT2D eigenvalue weighted by atomic mass is 9.92. The number of pyridine rings is 1. The number of aromatic nitrogens is 1. The Balaban J connectivity index is 1.62. The van der Waals surface area contributed by atoms with E-state index in [0.29, 0.717) is 28.3 Å². The number of Topliss-reactive ketones (excluding diaryl/α,β-unsaturated/α-hetero) is 1. The summed E-state index contributed by atoms with van der Waals surface area (Å²) in [5.41, 5.74) is 0.276. The van der Waals surface area contributed by atoms with Gasteiger partial charge in [0.15, 0.2) is 17.3 Å². The van der Waals surface area contributed by atoms with Crippen LogP contribution < -0.4 is 9.47 Å². The molecule has 2 aromatic rings. The van der Waals surface area contributed by atoms with Crippen LogP contribution in [0, 0.1) is 0 Å². The summed E-state index contributed by atoms with van der Waals surface area (Å²) in [7, 11) is 3.08. The average molecular weight is 450 g/mol. The van der Waals surface area contributed by atoms with Crippen molar-refractivity contribution in [1.82, 2.24) is 4.98 Å². The molecular weight excluding hydrogens is 422 g/mol. The van der Waals surface area contributed by atoms with Crippen molar-refractivity contribution >= 4 is 17.4 Å². The molecule has 0 bridgehead atoms. The second kappa shape index (κ2) is 10.4. The van der Waals surface area contributed by atoms with Gasteiger partial charge in [0.2, 0.25) is 0 Å². The number of ketones is 1. The first-order chi connectivity index (χ1) is 14.8. The topological polar surface area (TPSA) is 87.1 Å². The lowest BCUT2D eigenvalue weighted by Gasteiger charge is -2.23. The maximum atomic E-state index is 12.7. The second-order valence-corrected chi connectivity index (χ2v) is 8.14. The molecule has 0 radical (unpaired) electrons. The molecule has 0 saturated heterocycles. The fraction of sp³-hybridized carbons (Fsp3) is 0.478. The number of rotatable bonds is 12. The Bertz CT molecular complexity index is 913. The molecule has 1 aliphatic rings. The Morgan fingerprint density at radius 3 is 2.65 bits per heavy atom. The number of halogens is 1. The highest BCUT2D eigenvalue weighted by molar-refractivity contribution is 6.30. The molecule has 7 nitrogen and oxygen atoms in total. The summed E-state index contributed by atoms with van der Waals surface area (Å²) >= 11 is 6.23. The first-order valence-corrected chi connectivity index (χ1v) is 10.5. The lowest BCUT2D eigenvalue weighted by molar-refractivity contribution is -0.0391. The quantitative estimate of drug-likeness (QED) is 0.224. The molecule has 0 spiro atoms. The number of nitrogens with zero attached hydrogens (tertiary/aromatic N) is 1. The minimum atomic E-state index is -1.32. The molecule has 1 saturated carbocycles. The summed E-state index contributed by atoms with van der Waals surface area (Å²) < 4.78 is 21.3. The van der Waals surface area contributed by atoms with Crippen LogP contribution in [0.4, 0.5) is 0 Å². The van der Waals surface area contributed by atoms with Gasteiger partial charge in [-0.25, -0.2) is 4.98 Å². The third-order valence-corrected chi connectivity index (χ3v) is 5.41. The van der Waals surface area contributed by atoms with Gasteiger partial charge in [-0.1, -0.05) is 17.7 Å². The summed E-state index contributed by atoms with van der Waals surface area (Å²) in [6.07, 6.45) is 2.65. The molecule has 168 valence electrons. The van der Waals surface area contributed by atoms with Crippen molar-refractivity contribution in [2.45, 2.75) is 50.9 Å². The van der Waals surface area contributed by atoms with Gasteiger partial charge < -0.3 is 24.1 Å². The summed E-state index contributed by atoms with van der Waals surface area (Å²) in [5, 5.41) is 11.1. The molecule has 1 N–H and O–H groups in total. The van der Waals surface area contributed by atoms with E-state index in [1.807, 2.05) is 0 Å². The van der Waals surface area contributed by atoms with Crippen LogP contribution in [0.25, 0.3) is 0 Å². The predicted molar refractivity (Wildman–Crippen MR) is 116 cm³/mol. The van der Waals surface area contributed by atoms with Gasteiger partial charge in [0.1, 0.15) is 17.5 Å². The second-order valence-electron chi connectivity index (χ2n) is 7.78. The predicted octanol–water partition coefficient (Wildman–Crippen LogP) is 4.28. The Labute approximate surface area is 187 Å². The Kier molecular flexibility index (Phi) is 7.89. The molecular formula is C23H28ClNO6. The molecule has 3 rings (SSSR count). The van der Waals surface area contributed by atoms with Gasteiger partial charge in [-0.3, -0.25) is 4.79 Å². The van der Waals surface area contributed by atoms with Crippen molar-refractivity contribution in [1.29, 1.82) is 0 Å². The van der Waals surface area contributed by atoms with Crippen LogP contribution in [0.1, 0.15) is 54.2 Å². The summed E-state index contributed by atoms with van der Waals surface area (Å²) in [6.45, 7) is 2.02. The fourth-order valence-electron chi connectivity index (χ4n) is 3.04. The van der Waals surface area contributed by atoms with E-state index in [1.165, 1.54) is 7.11 Å². The highest BCUT2D eigenvalue weighted by Crippen LogP contribution is 2.35. The van der Waals surface area contributed by atoms with Gasteiger partial charge in [0, 0.05) is 24.7 Å². The van der Waals surface area contributed by atoms with Crippen LogP contribution in [0.15, 0.2) is 30.3 Å². The van der Waals surface area contributed by atoms with Crippen LogP contribution in [0.3, 0.4) is 0 Å². The van der Waals surface area contributed by atoms with Gasteiger partial charge in [0.25, 0.3) is 0 Å². The SMILES string of the molecule is COCOCc1ccc(C(C)(O)CCC(=O)c2ccc(OC3CC3)c(OC)c2)nc1Cl. The Hall–Kier alpha value is -2.19. The van der Waals surface area contributed by atoms with E-state index in [0.717, 1.165) is 12.8 Å². The number of carbonyl (C=O) groups excluding carboxylic acids is 1. The van der Waals surface area contributed by atoms with Gasteiger partial charge in [-0.05, 0) is 50.5 Å². The maximum Gasteiger partial charge on any atom is 0.163 e. The van der Waals surface area contributed by atoms with E-state index in [4.69, 9.17) is 30.5 Å². The number of hydrogen-bond donors (Lipinski definition) is 1. The van der Waals surface area contributed by atoms with Crippen molar-refractivity contribution in [3.63, 3.8) is 0 Å². The third kappa shape index (κ3) is 6.40. The molecule has 1 unspecified atom stereocenters.